The molecule has 0 bridgehead atoms. The highest BCUT2D eigenvalue weighted by Crippen LogP contribution is 2.04. The highest BCUT2D eigenvalue weighted by Gasteiger charge is 2.03. The lowest BCUT2D eigenvalue weighted by atomic mass is 10.2. The highest BCUT2D eigenvalue weighted by atomic mass is 16.1. The van der Waals surface area contributed by atoms with Crippen LogP contribution >= 0.6 is 0 Å². The van der Waals surface area contributed by atoms with Crippen LogP contribution in [-0.2, 0) is 17.9 Å². The van der Waals surface area contributed by atoms with Gasteiger partial charge in [0.15, 0.2) is 0 Å². The molecule has 1 N–H and O–H groups in total. The van der Waals surface area contributed by atoms with Gasteiger partial charge in [-0.25, -0.2) is 4.98 Å². The van der Waals surface area contributed by atoms with Crippen LogP contribution < -0.4 is 5.32 Å². The van der Waals surface area contributed by atoms with Crippen molar-refractivity contribution >= 4 is 5.91 Å². The SMILES string of the molecule is CC(=O)NCc1nccn1Cc1ccncc1. The number of carbonyl (C=O) groups excluding carboxylic acids is 1. The first-order chi connectivity index (χ1) is 8.25. The van der Waals surface area contributed by atoms with Crippen molar-refractivity contribution in [1.82, 2.24) is 19.9 Å². The first-order valence-electron chi connectivity index (χ1n) is 5.39. The maximum absolute atomic E-state index is 10.9. The maximum atomic E-state index is 10.9. The van der Waals surface area contributed by atoms with E-state index in [1.54, 1.807) is 18.6 Å². The molecule has 0 unspecified atom stereocenters. The van der Waals surface area contributed by atoms with Gasteiger partial charge in [0, 0.05) is 38.3 Å². The van der Waals surface area contributed by atoms with Crippen molar-refractivity contribution < 1.29 is 4.79 Å². The van der Waals surface area contributed by atoms with Gasteiger partial charge < -0.3 is 9.88 Å². The Morgan fingerprint density at radius 3 is 2.82 bits per heavy atom. The minimum Gasteiger partial charge on any atom is -0.349 e. The minimum absolute atomic E-state index is 0.0524. The van der Waals surface area contributed by atoms with E-state index in [1.807, 2.05) is 22.9 Å². The number of carbonyl (C=O) groups is 1. The Labute approximate surface area is 99.5 Å². The lowest BCUT2D eigenvalue weighted by Gasteiger charge is -2.08. The summed E-state index contributed by atoms with van der Waals surface area (Å²) >= 11 is 0. The van der Waals surface area contributed by atoms with E-state index in [0.29, 0.717) is 6.54 Å². The third-order valence-corrected chi connectivity index (χ3v) is 2.40. The maximum Gasteiger partial charge on any atom is 0.217 e. The zero-order valence-electron chi connectivity index (χ0n) is 9.63. The molecular weight excluding hydrogens is 216 g/mol. The van der Waals surface area contributed by atoms with Crippen LogP contribution in [0.1, 0.15) is 18.3 Å². The average Bonchev–Trinajstić information content (AvgIpc) is 2.75. The van der Waals surface area contributed by atoms with Crippen molar-refractivity contribution in [3.05, 3.63) is 48.3 Å². The number of hydrogen-bond donors (Lipinski definition) is 1. The molecule has 5 nitrogen and oxygen atoms in total. The van der Waals surface area contributed by atoms with Crippen LogP contribution in [-0.4, -0.2) is 20.4 Å². The molecule has 0 spiro atoms. The zero-order valence-corrected chi connectivity index (χ0v) is 9.63. The Hall–Kier alpha value is -2.17. The molecule has 0 radical (unpaired) electrons. The number of nitrogens with zero attached hydrogens (tertiary/aromatic N) is 3. The second-order valence-electron chi connectivity index (χ2n) is 3.74. The molecular formula is C12H14N4O. The van der Waals surface area contributed by atoms with Crippen LogP contribution in [0.4, 0.5) is 0 Å². The normalized spacial score (nSPS) is 10.2. The monoisotopic (exact) mass is 230 g/mol. The van der Waals surface area contributed by atoms with E-state index in [0.717, 1.165) is 17.9 Å². The fourth-order valence-corrected chi connectivity index (χ4v) is 1.54. The summed E-state index contributed by atoms with van der Waals surface area (Å²) < 4.78 is 2.01. The zero-order chi connectivity index (χ0) is 12.1. The number of amides is 1. The molecule has 0 atom stereocenters. The van der Waals surface area contributed by atoms with E-state index in [9.17, 15) is 4.79 Å². The van der Waals surface area contributed by atoms with E-state index in [1.165, 1.54) is 6.92 Å². The molecule has 5 heteroatoms. The molecule has 0 fully saturated rings. The molecule has 2 aromatic heterocycles. The second-order valence-corrected chi connectivity index (χ2v) is 3.74. The van der Waals surface area contributed by atoms with Gasteiger partial charge in [-0.2, -0.15) is 0 Å². The van der Waals surface area contributed by atoms with Gasteiger partial charge in [0.25, 0.3) is 0 Å². The number of rotatable bonds is 4. The summed E-state index contributed by atoms with van der Waals surface area (Å²) in [5, 5.41) is 2.74. The summed E-state index contributed by atoms with van der Waals surface area (Å²) in [6.07, 6.45) is 7.16. The predicted octanol–water partition coefficient (Wildman–Crippen LogP) is 0.962. The van der Waals surface area contributed by atoms with Gasteiger partial charge in [0.2, 0.25) is 5.91 Å². The Morgan fingerprint density at radius 1 is 1.35 bits per heavy atom. The highest BCUT2D eigenvalue weighted by molar-refractivity contribution is 5.72. The van der Waals surface area contributed by atoms with E-state index in [4.69, 9.17) is 0 Å². The smallest absolute Gasteiger partial charge is 0.217 e. The molecule has 88 valence electrons. The second kappa shape index (κ2) is 5.25. The Balaban J connectivity index is 2.06. The van der Waals surface area contributed by atoms with Crippen molar-refractivity contribution in [2.45, 2.75) is 20.0 Å². The summed E-state index contributed by atoms with van der Waals surface area (Å²) in [6, 6.07) is 3.92. The third kappa shape index (κ3) is 3.14. The fourth-order valence-electron chi connectivity index (χ4n) is 1.54. The molecule has 0 saturated carbocycles. The third-order valence-electron chi connectivity index (χ3n) is 2.40. The largest absolute Gasteiger partial charge is 0.349 e. The summed E-state index contributed by atoms with van der Waals surface area (Å²) in [5.41, 5.74) is 1.15. The lowest BCUT2D eigenvalue weighted by Crippen LogP contribution is -2.21. The van der Waals surface area contributed by atoms with Gasteiger partial charge in [-0.15, -0.1) is 0 Å². The van der Waals surface area contributed by atoms with Gasteiger partial charge in [-0.3, -0.25) is 9.78 Å². The first-order valence-corrected chi connectivity index (χ1v) is 5.39. The first kappa shape index (κ1) is 11.3. The van der Waals surface area contributed by atoms with Gasteiger partial charge in [0.1, 0.15) is 5.82 Å². The summed E-state index contributed by atoms with van der Waals surface area (Å²) in [4.78, 5) is 19.0. The summed E-state index contributed by atoms with van der Waals surface area (Å²) in [7, 11) is 0. The topological polar surface area (TPSA) is 59.8 Å². The number of nitrogens with one attached hydrogen (secondary N) is 1. The van der Waals surface area contributed by atoms with Gasteiger partial charge in [0.05, 0.1) is 6.54 Å². The quantitative estimate of drug-likeness (QED) is 0.851. The minimum atomic E-state index is -0.0524. The lowest BCUT2D eigenvalue weighted by molar-refractivity contribution is -0.119. The van der Waals surface area contributed by atoms with Crippen molar-refractivity contribution in [1.29, 1.82) is 0 Å². The molecule has 2 rings (SSSR count). The van der Waals surface area contributed by atoms with Crippen LogP contribution in [0.25, 0.3) is 0 Å². The van der Waals surface area contributed by atoms with Crippen molar-refractivity contribution in [2.75, 3.05) is 0 Å². The number of hydrogen-bond acceptors (Lipinski definition) is 3. The predicted molar refractivity (Wildman–Crippen MR) is 63.1 cm³/mol. The van der Waals surface area contributed by atoms with Crippen LogP contribution in [0, 0.1) is 0 Å². The van der Waals surface area contributed by atoms with E-state index in [2.05, 4.69) is 15.3 Å². The Kier molecular flexibility index (Phi) is 3.49. The standard InChI is InChI=1S/C12H14N4O/c1-10(17)15-8-12-14-6-7-16(12)9-11-2-4-13-5-3-11/h2-7H,8-9H2,1H3,(H,15,17). The summed E-state index contributed by atoms with van der Waals surface area (Å²) in [6.45, 7) is 2.68. The molecule has 1 amide bonds. The molecule has 2 aromatic rings. The van der Waals surface area contributed by atoms with Gasteiger partial charge in [-0.1, -0.05) is 0 Å². The molecule has 0 saturated heterocycles. The molecule has 0 aliphatic rings. The van der Waals surface area contributed by atoms with Crippen LogP contribution in [0.15, 0.2) is 36.9 Å². The number of pyridine rings is 1. The molecule has 17 heavy (non-hydrogen) atoms. The molecule has 0 aromatic carbocycles. The van der Waals surface area contributed by atoms with Crippen LogP contribution in [0.5, 0.6) is 0 Å². The summed E-state index contributed by atoms with van der Waals surface area (Å²) in [5.74, 6) is 0.792. The average molecular weight is 230 g/mol. The number of aromatic nitrogens is 3. The van der Waals surface area contributed by atoms with Crippen molar-refractivity contribution in [3.63, 3.8) is 0 Å². The van der Waals surface area contributed by atoms with Gasteiger partial charge in [-0.05, 0) is 17.7 Å². The molecule has 0 aliphatic heterocycles. The Bertz CT molecular complexity index is 492. The van der Waals surface area contributed by atoms with Crippen LogP contribution in [0.2, 0.25) is 0 Å². The van der Waals surface area contributed by atoms with Crippen LogP contribution in [0.3, 0.4) is 0 Å². The van der Waals surface area contributed by atoms with E-state index < -0.39 is 0 Å². The number of imidazole rings is 1. The van der Waals surface area contributed by atoms with Gasteiger partial charge >= 0.3 is 0 Å². The fraction of sp³-hybridized carbons (Fsp3) is 0.250. The van der Waals surface area contributed by atoms with Crippen molar-refractivity contribution in [2.24, 2.45) is 0 Å². The molecule has 2 heterocycles. The Morgan fingerprint density at radius 2 is 2.12 bits per heavy atom. The van der Waals surface area contributed by atoms with E-state index in [-0.39, 0.29) is 5.91 Å². The molecule has 0 aliphatic carbocycles. The van der Waals surface area contributed by atoms with Crippen molar-refractivity contribution in [3.8, 4) is 0 Å². The van der Waals surface area contributed by atoms with E-state index >= 15 is 0 Å².